The molecule has 24 heavy (non-hydrogen) atoms. The van der Waals surface area contributed by atoms with Gasteiger partial charge < -0.3 is 30.5 Å². The van der Waals surface area contributed by atoms with Crippen LogP contribution in [-0.4, -0.2) is 64.4 Å². The Morgan fingerprint density at radius 2 is 2.12 bits per heavy atom. The fourth-order valence-electron chi connectivity index (χ4n) is 2.40. The van der Waals surface area contributed by atoms with Crippen LogP contribution in [0.5, 0.6) is 0 Å². The molecule has 1 aliphatic heterocycles. The van der Waals surface area contributed by atoms with E-state index in [4.69, 9.17) is 20.3 Å². The second-order valence-electron chi connectivity index (χ2n) is 5.11. The van der Waals surface area contributed by atoms with Crippen LogP contribution in [0.25, 0.3) is 11.2 Å². The first-order chi connectivity index (χ1) is 11.2. The Morgan fingerprint density at radius 3 is 2.79 bits per heavy atom. The molecule has 0 bridgehead atoms. The number of H-pyrrole nitrogens is 1. The van der Waals surface area contributed by atoms with Crippen molar-refractivity contribution < 1.29 is 33.8 Å². The highest BCUT2D eigenvalue weighted by atomic mass is 31.2. The van der Waals surface area contributed by atoms with Crippen LogP contribution in [0.3, 0.4) is 0 Å². The third kappa shape index (κ3) is 3.06. The molecule has 0 saturated carbocycles. The molecule has 0 spiro atoms. The first-order valence-electron chi connectivity index (χ1n) is 6.61. The van der Waals surface area contributed by atoms with Crippen molar-refractivity contribution in [2.24, 2.45) is 0 Å². The van der Waals surface area contributed by atoms with Crippen molar-refractivity contribution in [3.8, 4) is 0 Å². The van der Waals surface area contributed by atoms with Gasteiger partial charge in [0.2, 0.25) is 5.95 Å². The van der Waals surface area contributed by atoms with Crippen LogP contribution in [0.15, 0.2) is 11.1 Å². The van der Waals surface area contributed by atoms with E-state index in [1.807, 2.05) is 0 Å². The number of nitrogens with one attached hydrogen (secondary N) is 1. The quantitative estimate of drug-likeness (QED) is 0.310. The molecule has 3 heterocycles. The predicted molar refractivity (Wildman–Crippen MR) is 76.5 cm³/mol. The zero-order valence-corrected chi connectivity index (χ0v) is 12.8. The smallest absolute Gasteiger partial charge is 0.387 e. The monoisotopic (exact) mass is 365 g/mol. The molecule has 1 aliphatic rings. The van der Waals surface area contributed by atoms with E-state index in [0.717, 1.165) is 0 Å². The summed E-state index contributed by atoms with van der Waals surface area (Å²) in [6.45, 7) is -0.651. The number of ether oxygens (including phenoxy) is 1. The highest BCUT2D eigenvalue weighted by Gasteiger charge is 2.45. The second-order valence-corrected chi connectivity index (χ2v) is 6.35. The number of phosphoric ester groups is 1. The van der Waals surface area contributed by atoms with Gasteiger partial charge in [-0.1, -0.05) is 0 Å². The van der Waals surface area contributed by atoms with E-state index in [0.29, 0.717) is 0 Å². The summed E-state index contributed by atoms with van der Waals surface area (Å²) in [6, 6.07) is 0. The number of aliphatic hydroxyl groups excluding tert-OH is 2. The summed E-state index contributed by atoms with van der Waals surface area (Å²) in [5.74, 6) is -0.177. The fourth-order valence-corrected chi connectivity index (χ4v) is 2.74. The van der Waals surface area contributed by atoms with Gasteiger partial charge in [-0.05, 0) is 0 Å². The lowest BCUT2D eigenvalue weighted by Crippen LogP contribution is -2.33. The number of aromatic amines is 1. The summed E-state index contributed by atoms with van der Waals surface area (Å²) in [4.78, 5) is 39.1. The zero-order chi connectivity index (χ0) is 17.6. The molecular weight excluding hydrogens is 351 g/mol. The Kier molecular flexibility index (Phi) is 4.17. The third-order valence-electron chi connectivity index (χ3n) is 3.47. The molecule has 0 aromatic carbocycles. The first-order valence-corrected chi connectivity index (χ1v) is 8.14. The van der Waals surface area contributed by atoms with Crippen molar-refractivity contribution in [2.45, 2.75) is 24.5 Å². The summed E-state index contributed by atoms with van der Waals surface area (Å²) in [5.41, 5.74) is 4.84. The molecule has 1 fully saturated rings. The van der Waals surface area contributed by atoms with Crippen LogP contribution in [0.2, 0.25) is 0 Å². The number of fused-ring (bicyclic) bond motifs is 1. The van der Waals surface area contributed by atoms with Crippen molar-refractivity contribution in [3.63, 3.8) is 0 Å². The Bertz CT molecular complexity index is 861. The Labute approximate surface area is 132 Å². The standard InChI is InChI=1S/C10H14N5O8P/c11-10-13-7-4(8(18)14-10)12-2-15(7)9-6(17)5(16)3(23-9)1-22-24(19,20)21/h2-3,5-6,9,16-17H,1H2,(H2,19,20,21)(H3,11,13,14,18)/t3-,5-,6-,9-/m1/s1/i2+2. The van der Waals surface area contributed by atoms with Gasteiger partial charge in [0.05, 0.1) is 12.9 Å². The van der Waals surface area contributed by atoms with Gasteiger partial charge >= 0.3 is 7.82 Å². The molecule has 13 nitrogen and oxygen atoms in total. The third-order valence-corrected chi connectivity index (χ3v) is 3.95. The summed E-state index contributed by atoms with van der Waals surface area (Å²) in [5, 5.41) is 20.1. The summed E-state index contributed by atoms with van der Waals surface area (Å²) in [6.07, 6.45) is -4.22. The van der Waals surface area contributed by atoms with Gasteiger partial charge in [0.25, 0.3) is 5.56 Å². The lowest BCUT2D eigenvalue weighted by molar-refractivity contribution is -0.0503. The molecule has 0 radical (unpaired) electrons. The molecule has 3 rings (SSSR count). The van der Waals surface area contributed by atoms with Crippen molar-refractivity contribution in [1.82, 2.24) is 19.5 Å². The van der Waals surface area contributed by atoms with Gasteiger partial charge in [-0.2, -0.15) is 4.98 Å². The topological polar surface area (TPSA) is 206 Å². The molecule has 2 aromatic heterocycles. The van der Waals surface area contributed by atoms with Gasteiger partial charge in [-0.25, -0.2) is 9.55 Å². The van der Waals surface area contributed by atoms with Gasteiger partial charge in [-0.15, -0.1) is 0 Å². The van der Waals surface area contributed by atoms with Crippen molar-refractivity contribution >= 4 is 24.9 Å². The van der Waals surface area contributed by atoms with Crippen LogP contribution >= 0.6 is 7.82 Å². The average molecular weight is 365 g/mol. The fraction of sp³-hybridized carbons (Fsp3) is 0.500. The number of anilines is 1. The molecule has 0 aliphatic carbocycles. The lowest BCUT2D eigenvalue weighted by atomic mass is 10.1. The van der Waals surface area contributed by atoms with Crippen LogP contribution in [0, 0.1) is 0 Å². The van der Waals surface area contributed by atoms with Gasteiger partial charge in [0, 0.05) is 0 Å². The number of nitrogens with zero attached hydrogens (tertiary/aromatic N) is 3. The summed E-state index contributed by atoms with van der Waals surface area (Å²) in [7, 11) is -4.76. The number of nitrogens with two attached hydrogens (primary N) is 1. The number of rotatable bonds is 4. The maximum Gasteiger partial charge on any atom is 0.469 e. The SMILES string of the molecule is Nc1nc2c(n[14cH]n2[C@@H]2O[C@H](COP(=O)(O)O)[C@@H](O)[C@H]2O)c(=O)[nH]1. The minimum atomic E-state index is -4.76. The molecule has 132 valence electrons. The van der Waals surface area contributed by atoms with Crippen molar-refractivity contribution in [2.75, 3.05) is 12.3 Å². The minimum Gasteiger partial charge on any atom is -0.387 e. The van der Waals surface area contributed by atoms with E-state index in [2.05, 4.69) is 19.5 Å². The van der Waals surface area contributed by atoms with Crippen LogP contribution in [0.1, 0.15) is 6.23 Å². The molecule has 0 unspecified atom stereocenters. The van der Waals surface area contributed by atoms with Gasteiger partial charge in [0.1, 0.15) is 18.3 Å². The molecule has 2 aromatic rings. The maximum absolute atomic E-state index is 11.7. The highest BCUT2D eigenvalue weighted by molar-refractivity contribution is 7.46. The summed E-state index contributed by atoms with van der Waals surface area (Å²) >= 11 is 0. The van der Waals surface area contributed by atoms with E-state index in [1.165, 1.54) is 10.9 Å². The number of nitrogen functional groups attached to an aromatic ring is 1. The Balaban J connectivity index is 1.90. The number of aromatic nitrogens is 4. The Morgan fingerprint density at radius 1 is 1.42 bits per heavy atom. The van der Waals surface area contributed by atoms with Crippen LogP contribution < -0.4 is 11.3 Å². The van der Waals surface area contributed by atoms with Crippen molar-refractivity contribution in [1.29, 1.82) is 0 Å². The molecule has 4 atom stereocenters. The number of hydrogen-bond acceptors (Lipinski definition) is 9. The number of imidazole rings is 1. The van der Waals surface area contributed by atoms with E-state index < -0.39 is 44.5 Å². The minimum absolute atomic E-state index is 0.0176. The van der Waals surface area contributed by atoms with Gasteiger partial charge in [0.15, 0.2) is 17.4 Å². The molecule has 1 saturated heterocycles. The van der Waals surface area contributed by atoms with Gasteiger partial charge in [-0.3, -0.25) is 18.9 Å². The van der Waals surface area contributed by atoms with E-state index in [1.54, 1.807) is 0 Å². The number of aliphatic hydroxyl groups is 2. The number of phosphoric acid groups is 1. The summed E-state index contributed by atoms with van der Waals surface area (Å²) < 4.78 is 21.6. The second kappa shape index (κ2) is 5.89. The lowest BCUT2D eigenvalue weighted by Gasteiger charge is -2.16. The van der Waals surface area contributed by atoms with E-state index in [-0.39, 0.29) is 17.1 Å². The van der Waals surface area contributed by atoms with Crippen molar-refractivity contribution in [3.05, 3.63) is 16.7 Å². The number of hydrogen-bond donors (Lipinski definition) is 6. The molecule has 0 amide bonds. The zero-order valence-electron chi connectivity index (χ0n) is 11.9. The molecular formula is C10H14N5O8P. The molecule has 7 N–H and O–H groups in total. The van der Waals surface area contributed by atoms with Crippen LogP contribution in [0.4, 0.5) is 5.95 Å². The highest BCUT2D eigenvalue weighted by Crippen LogP contribution is 2.38. The van der Waals surface area contributed by atoms with Crippen LogP contribution in [-0.2, 0) is 13.8 Å². The first kappa shape index (κ1) is 17.0. The Hall–Kier alpha value is -1.86. The maximum atomic E-state index is 11.7. The predicted octanol–water partition coefficient (Wildman–Crippen LogP) is -2.57. The van der Waals surface area contributed by atoms with E-state index in [9.17, 15) is 19.6 Å². The molecule has 14 heteroatoms. The van der Waals surface area contributed by atoms with E-state index >= 15 is 0 Å². The largest absolute Gasteiger partial charge is 0.469 e. The normalized spacial score (nSPS) is 27.8. The average Bonchev–Trinajstić information content (AvgIpc) is 3.00.